The fourth-order valence-corrected chi connectivity index (χ4v) is 448. The molecule has 462 valence electrons. The van der Waals surface area contributed by atoms with Gasteiger partial charge in [-0.15, -0.1) is 152 Å². The molecule has 0 fully saturated rings. The molecule has 21 atom stereocenters. The zero-order valence-electron chi connectivity index (χ0n) is 45.1. The molecular weight excluding hydrogens is 1680 g/mol. The Morgan fingerprint density at radius 1 is 0.494 bits per heavy atom. The van der Waals surface area contributed by atoms with Gasteiger partial charge in [0.15, 0.2) is 23.1 Å². The molecule has 0 saturated carbocycles. The highest BCUT2D eigenvalue weighted by atomic mass is 33.5. The normalized spacial score (nSPS) is 14.1. The molecule has 0 saturated heterocycles. The third-order valence-electron chi connectivity index (χ3n) is 11.3. The van der Waals surface area contributed by atoms with Gasteiger partial charge in [-0.25, -0.2) is 19.9 Å². The van der Waals surface area contributed by atoms with Crippen molar-refractivity contribution >= 4 is 299 Å². The first kappa shape index (κ1) is 83.0. The Morgan fingerprint density at radius 2 is 0.859 bits per heavy atom. The number of carbonyl (C=O) groups excluding carboxylic acids is 2. The van der Waals surface area contributed by atoms with Gasteiger partial charge in [-0.05, 0) is 154 Å². The van der Waals surface area contributed by atoms with Crippen molar-refractivity contribution in [3.63, 3.8) is 0 Å². The minimum absolute atomic E-state index is 0. The Kier molecular flexibility index (Phi) is 40.4. The molecule has 0 aliphatic carbocycles. The van der Waals surface area contributed by atoms with Crippen LogP contribution in [0.5, 0.6) is 11.5 Å². The van der Waals surface area contributed by atoms with E-state index in [0.29, 0.717) is 58.7 Å². The van der Waals surface area contributed by atoms with Crippen LogP contribution in [0.25, 0.3) is 22.5 Å². The second-order valence-electron chi connectivity index (χ2n) is 17.2. The van der Waals surface area contributed by atoms with E-state index in [4.69, 9.17) is 4.74 Å². The van der Waals surface area contributed by atoms with Crippen molar-refractivity contribution in [2.45, 2.75) is 34.4 Å². The van der Waals surface area contributed by atoms with Crippen LogP contribution in [0, 0.1) is 13.8 Å². The summed E-state index contributed by atoms with van der Waals surface area (Å²) >= 11 is 0. The third-order valence-corrected chi connectivity index (χ3v) is 231. The van der Waals surface area contributed by atoms with Crippen molar-refractivity contribution in [2.75, 3.05) is 17.7 Å². The van der Waals surface area contributed by atoms with Crippen LogP contribution in [0.4, 0.5) is 23.0 Å². The first-order chi connectivity index (χ1) is 39.8. The highest BCUT2D eigenvalue weighted by molar-refractivity contribution is 9.45. The molecule has 45 heteroatoms. The van der Waals surface area contributed by atoms with E-state index in [1.54, 1.807) is 13.2 Å². The summed E-state index contributed by atoms with van der Waals surface area (Å²) in [6.45, 7) is 4.84. The average molecular weight is 1750 g/mol. The number of aromatic nitrogens is 4. The van der Waals surface area contributed by atoms with Gasteiger partial charge in [0.2, 0.25) is 0 Å². The lowest BCUT2D eigenvalue weighted by Crippen LogP contribution is -2.12. The number of hydrogen-bond acceptors (Lipinski definition) is 10. The lowest BCUT2D eigenvalue weighted by atomic mass is 10.1. The molecule has 0 radical (unpaired) electrons. The molecule has 6 aromatic rings. The Balaban J connectivity index is 0.000000233. The first-order valence-corrected chi connectivity index (χ1v) is 83.2. The number of rotatable bonds is 22. The van der Waals surface area contributed by atoms with Crippen LogP contribution in [0.1, 0.15) is 50.4 Å². The summed E-state index contributed by atoms with van der Waals surface area (Å²) in [6, 6.07) is 27.0. The highest BCUT2D eigenvalue weighted by Crippen LogP contribution is 3.39. The molecule has 2 aromatic heterocycles. The van der Waals surface area contributed by atoms with Gasteiger partial charge in [-0.2, -0.15) is 0 Å². The molecule has 2 aliphatic rings. The summed E-state index contributed by atoms with van der Waals surface area (Å²) in [5.41, 5.74) is 9.96. The van der Waals surface area contributed by atoms with Crippen molar-refractivity contribution in [1.82, 2.24) is 30.6 Å². The molecule has 5 N–H and O–H groups in total. The quantitative estimate of drug-likeness (QED) is 0.0414. The molecule has 2 aliphatic heterocycles. The van der Waals surface area contributed by atoms with Gasteiger partial charge >= 0.3 is 0 Å². The summed E-state index contributed by atoms with van der Waals surface area (Å²) in [7, 11) is 59.1. The molecule has 4 aromatic carbocycles. The number of aromatic hydroxyl groups is 1. The Bertz CT molecular complexity index is 3120. The smallest absolute Gasteiger partial charge is 0.251 e. The molecule has 4 heterocycles. The fourth-order valence-electron chi connectivity index (χ4n) is 7.64. The molecule has 21 unspecified atom stereocenters. The lowest BCUT2D eigenvalue weighted by Gasteiger charge is -2.53. The van der Waals surface area contributed by atoms with Crippen molar-refractivity contribution in [2.24, 2.45) is 0 Å². The van der Waals surface area contributed by atoms with E-state index in [9.17, 15) is 14.7 Å². The number of nitrogens with one attached hydrogen (secondary N) is 4. The van der Waals surface area contributed by atoms with Crippen LogP contribution in [0.15, 0.2) is 97.6 Å². The summed E-state index contributed by atoms with van der Waals surface area (Å²) in [4.78, 5) is 40.7. The zero-order chi connectivity index (χ0) is 61.9. The van der Waals surface area contributed by atoms with E-state index in [-0.39, 0.29) is 130 Å². The monoisotopic (exact) mass is 1750 g/mol. The van der Waals surface area contributed by atoms with Gasteiger partial charge in [0.05, 0.1) is 7.11 Å². The standard InChI is InChI=1S/C20H18N4O2.C19H16N4O2.CH4.H35P33/c1-12-3-5-13(6-4-12)17-18(26-2)19(23-11-22-17)24-15-8-7-14-10-21-20(25)16(14)9-15;1-11-2-4-12(5-3-11)16-17(24)18(22-10-21-16)23-14-7-6-13-9-20-19(25)15(13)8-14;;1-18-27(19(2)3)31(26(16)17)33(30(24(12)13)25(14)15)32(28(20(4)5)21(6)7)29(22(8)9)23(10)11/h3-9,11H,10H2,1-2H3,(H,21,25)(H,22,23,24);2-8,10,24H,9H2,1H3,(H,20,25)(H,21,22,23);1H4;18H,1-17H2. The molecule has 0 spiro atoms. The van der Waals surface area contributed by atoms with Crippen molar-refractivity contribution in [1.29, 1.82) is 0 Å². The summed E-state index contributed by atoms with van der Waals surface area (Å²) in [6.07, 6.45) is 2.90. The number of benzene rings is 4. The molecule has 85 heavy (non-hydrogen) atoms. The molecule has 12 nitrogen and oxygen atoms in total. The van der Waals surface area contributed by atoms with Crippen LogP contribution in [0.2, 0.25) is 0 Å². The minimum atomic E-state index is -0.0918. The summed E-state index contributed by atoms with van der Waals surface area (Å²) < 4.78 is 5.58. The molecule has 0 bridgehead atoms. The number of anilines is 4. The number of carbonyl (C=O) groups is 2. The van der Waals surface area contributed by atoms with Crippen LogP contribution in [-0.2, 0) is 13.1 Å². The first-order valence-electron chi connectivity index (χ1n) is 23.6. The maximum absolute atomic E-state index is 11.9. The van der Waals surface area contributed by atoms with Gasteiger partial charge in [0.25, 0.3) is 11.8 Å². The predicted molar refractivity (Wildman–Crippen MR) is 478 cm³/mol. The average Bonchev–Trinajstić information content (AvgIpc) is 2.07. The number of fused-ring (bicyclic) bond motifs is 2. The molecular formula is C40H73N8O4P33. The molecule has 2 amide bonds. The maximum atomic E-state index is 11.9. The van der Waals surface area contributed by atoms with E-state index in [0.717, 1.165) is 41.5 Å². The molecule has 8 rings (SSSR count). The number of amides is 2. The van der Waals surface area contributed by atoms with Crippen molar-refractivity contribution in [3.05, 3.63) is 131 Å². The van der Waals surface area contributed by atoms with E-state index in [1.165, 1.54) is 18.2 Å². The Morgan fingerprint density at radius 3 is 1.24 bits per heavy atom. The van der Waals surface area contributed by atoms with E-state index < -0.39 is 0 Å². The van der Waals surface area contributed by atoms with Crippen LogP contribution in [0.3, 0.4) is 0 Å². The number of hydrogen-bond donors (Lipinski definition) is 5. The number of ether oxygens (including phenoxy) is 1. The second-order valence-corrected chi connectivity index (χ2v) is 149. The van der Waals surface area contributed by atoms with Gasteiger partial charge in [-0.3, -0.25) is 9.59 Å². The van der Waals surface area contributed by atoms with Gasteiger partial charge in [0, 0.05) is 46.7 Å². The van der Waals surface area contributed by atoms with Crippen LogP contribution >= 0.6 is 265 Å². The Labute approximate surface area is 561 Å². The topological polar surface area (TPSA) is 163 Å². The van der Waals surface area contributed by atoms with Gasteiger partial charge in [0.1, 0.15) is 24.0 Å². The van der Waals surface area contributed by atoms with Gasteiger partial charge in [-0.1, -0.05) is 87.2 Å². The van der Waals surface area contributed by atoms with Crippen molar-refractivity contribution in [3.8, 4) is 34.0 Å². The zero-order valence-corrected chi connectivity index (χ0v) is 79.2. The maximum Gasteiger partial charge on any atom is 0.251 e. The van der Waals surface area contributed by atoms with Gasteiger partial charge < -0.3 is 31.1 Å². The van der Waals surface area contributed by atoms with E-state index >= 15 is 0 Å². The summed E-state index contributed by atoms with van der Waals surface area (Å²) in [5.74, 6) is 1.22. The van der Waals surface area contributed by atoms with Crippen LogP contribution < -0.4 is 26.0 Å². The largest absolute Gasteiger partial charge is 0.503 e. The SMILES string of the molecule is C.COc1c(Nc2ccc3c(c2)C(=O)NC3)ncnc1-c1ccc(C)cc1.Cc1ccc(-c2ncnc(Nc3ccc4c(c3)C(=O)NC4)c2O)cc1.PPP(P(P)P)P(P(P)P)P(P(P(P)P)P(P)P)P(P(P(P)P)P(P)P)P(P(P)P)P(P)P. The van der Waals surface area contributed by atoms with Crippen LogP contribution in [-0.4, -0.2) is 44.0 Å². The third kappa shape index (κ3) is 23.7. The number of methoxy groups -OCH3 is 1. The van der Waals surface area contributed by atoms with E-state index in [2.05, 4.69) is 193 Å². The number of aryl methyl sites for hydroxylation is 2. The second kappa shape index (κ2) is 41.3. The predicted octanol–water partition coefficient (Wildman–Crippen LogP) is 26.3. The minimum Gasteiger partial charge on any atom is -0.503 e. The fraction of sp³-hybridized carbons (Fsp3) is 0.150. The van der Waals surface area contributed by atoms with E-state index in [1.807, 2.05) is 92.7 Å². The van der Waals surface area contributed by atoms with Crippen molar-refractivity contribution < 1.29 is 19.4 Å². The lowest BCUT2D eigenvalue weighted by molar-refractivity contribution is 0.0957. The highest BCUT2D eigenvalue weighted by Gasteiger charge is 2.52. The summed E-state index contributed by atoms with van der Waals surface area (Å²) in [5, 5.41) is 22.5. The number of nitrogens with zero attached hydrogens (tertiary/aromatic N) is 4. The Hall–Kier alpha value is 7.37.